The van der Waals surface area contributed by atoms with Gasteiger partial charge in [0.25, 0.3) is 5.91 Å². The monoisotopic (exact) mass is 518 g/mol. The molecule has 2 saturated carbocycles. The van der Waals surface area contributed by atoms with E-state index in [4.69, 9.17) is 5.73 Å². The molecule has 9 nitrogen and oxygen atoms in total. The molecule has 1 aromatic carbocycles. The summed E-state index contributed by atoms with van der Waals surface area (Å²) in [4.78, 5) is 48.4. The Bertz CT molecular complexity index is 1190. The summed E-state index contributed by atoms with van der Waals surface area (Å²) in [6.45, 7) is 1.25. The van der Waals surface area contributed by atoms with Crippen molar-refractivity contribution in [3.8, 4) is 0 Å². The van der Waals surface area contributed by atoms with Crippen LogP contribution >= 0.6 is 0 Å². The van der Waals surface area contributed by atoms with Gasteiger partial charge < -0.3 is 20.9 Å². The Labute approximate surface area is 224 Å². The average Bonchev–Trinajstić information content (AvgIpc) is 3.12. The molecule has 3 aliphatic rings. The number of hydrogen-bond acceptors (Lipinski definition) is 5. The van der Waals surface area contributed by atoms with E-state index in [1.54, 1.807) is 17.0 Å². The number of nitrogens with two attached hydrogens (primary N) is 1. The fraction of sp³-hybridized carbons (Fsp3) is 0.517. The molecule has 1 spiro atoms. The number of carbonyl (C=O) groups is 3. The van der Waals surface area contributed by atoms with Crippen LogP contribution in [0.5, 0.6) is 0 Å². The lowest BCUT2D eigenvalue weighted by Gasteiger charge is -2.51. The van der Waals surface area contributed by atoms with E-state index in [0.717, 1.165) is 45.1 Å². The molecular formula is C29H38N6O3. The van der Waals surface area contributed by atoms with Crippen LogP contribution in [0.1, 0.15) is 61.0 Å². The van der Waals surface area contributed by atoms with Gasteiger partial charge in [0.1, 0.15) is 18.1 Å². The molecule has 202 valence electrons. The molecule has 0 atom stereocenters. The number of rotatable bonds is 8. The maximum Gasteiger partial charge on any atom is 0.321 e. The SMILES string of the molecule is CN(C)[C@]1(c2ccccc2)CC[C@]2(CC1)CN(CC(=O)Nc1cccc(C(N)=O)n1)C(=O)N2CC1CCC1. The van der Waals surface area contributed by atoms with Crippen LogP contribution in [-0.4, -0.2) is 76.8 Å². The third-order valence-corrected chi connectivity index (χ3v) is 9.00. The summed E-state index contributed by atoms with van der Waals surface area (Å²) in [7, 11) is 4.30. The normalized spacial score (nSPS) is 25.6. The van der Waals surface area contributed by atoms with Crippen molar-refractivity contribution < 1.29 is 14.4 Å². The number of urea groups is 1. The first-order chi connectivity index (χ1) is 18.2. The number of primary amides is 1. The quantitative estimate of drug-likeness (QED) is 0.556. The highest BCUT2D eigenvalue weighted by molar-refractivity contribution is 5.95. The van der Waals surface area contributed by atoms with Crippen LogP contribution in [0.2, 0.25) is 0 Å². The van der Waals surface area contributed by atoms with Crippen LogP contribution in [0.3, 0.4) is 0 Å². The summed E-state index contributed by atoms with van der Waals surface area (Å²) < 4.78 is 0. The molecule has 38 heavy (non-hydrogen) atoms. The molecule has 0 bridgehead atoms. The van der Waals surface area contributed by atoms with Gasteiger partial charge in [-0.05, 0) is 76.2 Å². The average molecular weight is 519 g/mol. The number of aromatic nitrogens is 1. The maximum absolute atomic E-state index is 13.7. The minimum Gasteiger partial charge on any atom is -0.364 e. The number of hydrogen-bond donors (Lipinski definition) is 2. The lowest BCUT2D eigenvalue weighted by molar-refractivity contribution is -0.116. The van der Waals surface area contributed by atoms with Crippen molar-refractivity contribution in [2.45, 2.75) is 56.0 Å². The number of nitrogens with one attached hydrogen (secondary N) is 1. The van der Waals surface area contributed by atoms with Gasteiger partial charge in [0, 0.05) is 18.6 Å². The largest absolute Gasteiger partial charge is 0.364 e. The number of amides is 4. The van der Waals surface area contributed by atoms with Crippen molar-refractivity contribution in [2.75, 3.05) is 39.0 Å². The van der Waals surface area contributed by atoms with Crippen molar-refractivity contribution in [1.82, 2.24) is 19.7 Å². The highest BCUT2D eigenvalue weighted by Crippen LogP contribution is 2.49. The van der Waals surface area contributed by atoms with Gasteiger partial charge in [0.05, 0.1) is 5.54 Å². The molecule has 0 radical (unpaired) electrons. The van der Waals surface area contributed by atoms with Crippen LogP contribution < -0.4 is 11.1 Å². The fourth-order valence-corrected chi connectivity index (χ4v) is 6.51. The molecule has 1 aromatic heterocycles. The molecule has 3 fully saturated rings. The van der Waals surface area contributed by atoms with Crippen molar-refractivity contribution in [3.05, 3.63) is 59.8 Å². The second-order valence-electron chi connectivity index (χ2n) is 11.4. The van der Waals surface area contributed by atoms with Crippen LogP contribution in [0.4, 0.5) is 10.6 Å². The summed E-state index contributed by atoms with van der Waals surface area (Å²) in [5, 5.41) is 2.73. The number of carbonyl (C=O) groups excluding carboxylic acids is 3. The van der Waals surface area contributed by atoms with E-state index >= 15 is 0 Å². The van der Waals surface area contributed by atoms with Crippen molar-refractivity contribution in [3.63, 3.8) is 0 Å². The second-order valence-corrected chi connectivity index (χ2v) is 11.4. The minimum atomic E-state index is -0.661. The Hall–Kier alpha value is -3.46. The Balaban J connectivity index is 1.33. The maximum atomic E-state index is 13.7. The minimum absolute atomic E-state index is 0.0528. The zero-order chi connectivity index (χ0) is 26.9. The van der Waals surface area contributed by atoms with Gasteiger partial charge in [-0.15, -0.1) is 0 Å². The molecule has 2 aliphatic carbocycles. The van der Waals surface area contributed by atoms with E-state index in [2.05, 4.69) is 64.5 Å². The summed E-state index contributed by atoms with van der Waals surface area (Å²) in [6, 6.07) is 15.3. The summed E-state index contributed by atoms with van der Waals surface area (Å²) in [6.07, 6.45) is 7.21. The number of pyridine rings is 1. The van der Waals surface area contributed by atoms with Crippen molar-refractivity contribution >= 4 is 23.7 Å². The molecule has 2 heterocycles. The van der Waals surface area contributed by atoms with Crippen LogP contribution in [0.15, 0.2) is 48.5 Å². The van der Waals surface area contributed by atoms with Gasteiger partial charge in [0.15, 0.2) is 0 Å². The molecule has 1 saturated heterocycles. The third-order valence-electron chi connectivity index (χ3n) is 9.00. The first kappa shape index (κ1) is 26.2. The Morgan fingerprint density at radius 3 is 2.37 bits per heavy atom. The summed E-state index contributed by atoms with van der Waals surface area (Å²) >= 11 is 0. The van der Waals surface area contributed by atoms with Gasteiger partial charge in [-0.25, -0.2) is 9.78 Å². The van der Waals surface area contributed by atoms with E-state index < -0.39 is 5.91 Å². The Kier molecular flexibility index (Phi) is 7.13. The van der Waals surface area contributed by atoms with E-state index in [1.807, 2.05) is 0 Å². The lowest BCUT2D eigenvalue weighted by atomic mass is 9.68. The van der Waals surface area contributed by atoms with E-state index in [-0.39, 0.29) is 41.1 Å². The van der Waals surface area contributed by atoms with Crippen molar-refractivity contribution in [2.24, 2.45) is 11.7 Å². The smallest absolute Gasteiger partial charge is 0.321 e. The van der Waals surface area contributed by atoms with Gasteiger partial charge in [0.2, 0.25) is 5.91 Å². The zero-order valence-corrected chi connectivity index (χ0v) is 22.4. The third kappa shape index (κ3) is 4.87. The molecule has 0 unspecified atom stereocenters. The molecular weight excluding hydrogens is 480 g/mol. The zero-order valence-electron chi connectivity index (χ0n) is 22.4. The molecule has 9 heteroatoms. The molecule has 4 amide bonds. The van der Waals surface area contributed by atoms with Gasteiger partial charge in [-0.2, -0.15) is 0 Å². The molecule has 5 rings (SSSR count). The van der Waals surface area contributed by atoms with Crippen LogP contribution in [0, 0.1) is 5.92 Å². The number of anilines is 1. The number of benzene rings is 1. The van der Waals surface area contributed by atoms with Gasteiger partial charge in [-0.1, -0.05) is 42.8 Å². The first-order valence-corrected chi connectivity index (χ1v) is 13.6. The summed E-state index contributed by atoms with van der Waals surface area (Å²) in [5.41, 5.74) is 6.37. The number of nitrogens with zero attached hydrogens (tertiary/aromatic N) is 4. The standard InChI is InChI=1S/C29H38N6O3/c1-33(2)29(22-10-4-3-5-11-22)16-14-28(15-17-29)20-34(27(38)35(28)18-21-8-6-9-21)19-25(36)32-24-13-7-12-23(31-24)26(30)37/h3-5,7,10-13,21H,6,8-9,14-20H2,1-2H3,(H2,30,37)(H,31,32,36)/t28-,29+. The summed E-state index contributed by atoms with van der Waals surface area (Å²) in [5.74, 6) is -0.211. The molecule has 1 aliphatic heterocycles. The Morgan fingerprint density at radius 2 is 1.76 bits per heavy atom. The van der Waals surface area contributed by atoms with E-state index in [9.17, 15) is 14.4 Å². The van der Waals surface area contributed by atoms with E-state index in [0.29, 0.717) is 12.5 Å². The predicted molar refractivity (Wildman–Crippen MR) is 145 cm³/mol. The lowest BCUT2D eigenvalue weighted by Crippen LogP contribution is -2.56. The predicted octanol–water partition coefficient (Wildman–Crippen LogP) is 3.43. The first-order valence-electron chi connectivity index (χ1n) is 13.6. The Morgan fingerprint density at radius 1 is 1.05 bits per heavy atom. The van der Waals surface area contributed by atoms with Gasteiger partial charge >= 0.3 is 6.03 Å². The van der Waals surface area contributed by atoms with Crippen LogP contribution in [0.25, 0.3) is 0 Å². The highest BCUT2D eigenvalue weighted by Gasteiger charge is 2.55. The van der Waals surface area contributed by atoms with Crippen LogP contribution in [-0.2, 0) is 10.3 Å². The molecule has 3 N–H and O–H groups in total. The fourth-order valence-electron chi connectivity index (χ4n) is 6.51. The van der Waals surface area contributed by atoms with Crippen molar-refractivity contribution in [1.29, 1.82) is 0 Å². The molecule has 2 aromatic rings. The second kappa shape index (κ2) is 10.4. The highest BCUT2D eigenvalue weighted by atomic mass is 16.2. The van der Waals surface area contributed by atoms with E-state index in [1.165, 1.54) is 18.1 Å². The van der Waals surface area contributed by atoms with Gasteiger partial charge in [-0.3, -0.25) is 14.5 Å². The topological polar surface area (TPSA) is 112 Å².